The van der Waals surface area contributed by atoms with Gasteiger partial charge in [0.05, 0.1) is 23.9 Å². The highest BCUT2D eigenvalue weighted by molar-refractivity contribution is 6.31. The molecular formula is C19H22ClN3O3. The van der Waals surface area contributed by atoms with Crippen LogP contribution in [0.5, 0.6) is 5.75 Å². The van der Waals surface area contributed by atoms with Gasteiger partial charge in [-0.15, -0.1) is 0 Å². The van der Waals surface area contributed by atoms with E-state index >= 15 is 0 Å². The average Bonchev–Trinajstić information content (AvgIpc) is 2.65. The minimum atomic E-state index is -0.404. The van der Waals surface area contributed by atoms with Crippen LogP contribution in [0.4, 0.5) is 5.69 Å². The molecule has 0 atom stereocenters. The summed E-state index contributed by atoms with van der Waals surface area (Å²) in [6, 6.07) is 6.43. The molecule has 2 N–H and O–H groups in total. The zero-order chi connectivity index (χ0) is 18.9. The Labute approximate surface area is 157 Å². The monoisotopic (exact) mass is 375 g/mol. The number of methoxy groups -OCH3 is 1. The minimum absolute atomic E-state index is 0.247. The second kappa shape index (κ2) is 9.77. The molecule has 0 fully saturated rings. The molecule has 2 aromatic rings. The third kappa shape index (κ3) is 5.46. The first-order valence-corrected chi connectivity index (χ1v) is 8.81. The molecule has 0 saturated carbocycles. The Morgan fingerprint density at radius 2 is 1.85 bits per heavy atom. The van der Waals surface area contributed by atoms with Gasteiger partial charge in [0.1, 0.15) is 5.75 Å². The Balaban J connectivity index is 2.08. The molecular weight excluding hydrogens is 354 g/mol. The van der Waals surface area contributed by atoms with Crippen LogP contribution < -0.4 is 15.4 Å². The predicted octanol–water partition coefficient (Wildman–Crippen LogP) is 3.92. The quantitative estimate of drug-likeness (QED) is 0.685. The Bertz CT molecular complexity index is 780. The number of aromatic nitrogens is 1. The van der Waals surface area contributed by atoms with Crippen LogP contribution in [0.25, 0.3) is 0 Å². The molecule has 0 saturated heterocycles. The maximum atomic E-state index is 12.5. The molecule has 0 aliphatic rings. The van der Waals surface area contributed by atoms with E-state index in [0.717, 1.165) is 19.3 Å². The summed E-state index contributed by atoms with van der Waals surface area (Å²) in [5, 5.41) is 6.02. The zero-order valence-electron chi connectivity index (χ0n) is 14.8. The lowest BCUT2D eigenvalue weighted by molar-refractivity contribution is 0.0952. The number of nitrogens with one attached hydrogen (secondary N) is 2. The minimum Gasteiger partial charge on any atom is -0.495 e. The Morgan fingerprint density at radius 3 is 2.54 bits per heavy atom. The van der Waals surface area contributed by atoms with Crippen LogP contribution in [0.15, 0.2) is 36.7 Å². The summed E-state index contributed by atoms with van der Waals surface area (Å²) in [6.07, 6.45) is 5.90. The van der Waals surface area contributed by atoms with Crippen LogP contribution >= 0.6 is 11.6 Å². The van der Waals surface area contributed by atoms with Crippen molar-refractivity contribution in [3.05, 3.63) is 52.8 Å². The molecule has 1 aromatic carbocycles. The SMILES string of the molecule is CCCCCNC(=O)c1cncc(C(=O)Nc2cc(Cl)ccc2OC)c1. The normalized spacial score (nSPS) is 10.3. The summed E-state index contributed by atoms with van der Waals surface area (Å²) < 4.78 is 5.21. The summed E-state index contributed by atoms with van der Waals surface area (Å²) in [4.78, 5) is 28.6. The maximum absolute atomic E-state index is 12.5. The number of carbonyl (C=O) groups is 2. The molecule has 2 amide bonds. The van der Waals surface area contributed by atoms with Crippen LogP contribution in [0.1, 0.15) is 46.9 Å². The van der Waals surface area contributed by atoms with Crippen LogP contribution in [0.3, 0.4) is 0 Å². The lowest BCUT2D eigenvalue weighted by Gasteiger charge is -2.11. The molecule has 26 heavy (non-hydrogen) atoms. The van der Waals surface area contributed by atoms with Gasteiger partial charge in [-0.2, -0.15) is 0 Å². The second-order valence-electron chi connectivity index (χ2n) is 5.72. The van der Waals surface area contributed by atoms with Gasteiger partial charge in [0.2, 0.25) is 0 Å². The first-order valence-electron chi connectivity index (χ1n) is 8.43. The highest BCUT2D eigenvalue weighted by Crippen LogP contribution is 2.28. The number of benzene rings is 1. The van der Waals surface area contributed by atoms with Crippen molar-refractivity contribution in [2.24, 2.45) is 0 Å². The number of unbranched alkanes of at least 4 members (excludes halogenated alkanes) is 2. The van der Waals surface area contributed by atoms with Crippen molar-refractivity contribution < 1.29 is 14.3 Å². The van der Waals surface area contributed by atoms with Gasteiger partial charge < -0.3 is 15.4 Å². The van der Waals surface area contributed by atoms with E-state index in [1.807, 2.05) is 0 Å². The Kier molecular flexibility index (Phi) is 7.41. The van der Waals surface area contributed by atoms with Crippen LogP contribution in [-0.2, 0) is 0 Å². The van der Waals surface area contributed by atoms with Crippen molar-refractivity contribution >= 4 is 29.1 Å². The van der Waals surface area contributed by atoms with Crippen LogP contribution in [-0.4, -0.2) is 30.5 Å². The number of rotatable bonds is 8. The fourth-order valence-corrected chi connectivity index (χ4v) is 2.51. The molecule has 1 heterocycles. The molecule has 6 nitrogen and oxygen atoms in total. The molecule has 7 heteroatoms. The fraction of sp³-hybridized carbons (Fsp3) is 0.316. The van der Waals surface area contributed by atoms with E-state index in [2.05, 4.69) is 22.5 Å². The highest BCUT2D eigenvalue weighted by atomic mass is 35.5. The standard InChI is InChI=1S/C19H22ClN3O3/c1-3-4-5-8-22-18(24)13-9-14(12-21-11-13)19(25)23-16-10-15(20)6-7-17(16)26-2/h6-7,9-12H,3-5,8H2,1-2H3,(H,22,24)(H,23,25). The van der Waals surface area contributed by atoms with Gasteiger partial charge in [-0.25, -0.2) is 0 Å². The third-order valence-corrected chi connectivity index (χ3v) is 3.97. The number of amides is 2. The largest absolute Gasteiger partial charge is 0.495 e. The smallest absolute Gasteiger partial charge is 0.257 e. The maximum Gasteiger partial charge on any atom is 0.257 e. The first-order chi connectivity index (χ1) is 12.5. The lowest BCUT2D eigenvalue weighted by Crippen LogP contribution is -2.25. The van der Waals surface area contributed by atoms with Gasteiger partial charge in [-0.3, -0.25) is 14.6 Å². The molecule has 1 aromatic heterocycles. The van der Waals surface area contributed by atoms with E-state index in [-0.39, 0.29) is 11.5 Å². The summed E-state index contributed by atoms with van der Waals surface area (Å²) >= 11 is 5.97. The van der Waals surface area contributed by atoms with Crippen LogP contribution in [0.2, 0.25) is 5.02 Å². The number of hydrogen-bond donors (Lipinski definition) is 2. The molecule has 0 spiro atoms. The van der Waals surface area contributed by atoms with E-state index in [9.17, 15) is 9.59 Å². The number of hydrogen-bond acceptors (Lipinski definition) is 4. The van der Waals surface area contributed by atoms with Crippen molar-refractivity contribution in [3.63, 3.8) is 0 Å². The summed E-state index contributed by atoms with van der Waals surface area (Å²) in [7, 11) is 1.50. The topological polar surface area (TPSA) is 80.3 Å². The highest BCUT2D eigenvalue weighted by Gasteiger charge is 2.13. The number of anilines is 1. The molecule has 0 bridgehead atoms. The van der Waals surface area contributed by atoms with Crippen molar-refractivity contribution in [1.82, 2.24) is 10.3 Å². The molecule has 0 unspecified atom stereocenters. The van der Waals surface area contributed by atoms with Crippen molar-refractivity contribution in [3.8, 4) is 5.75 Å². The average molecular weight is 376 g/mol. The number of ether oxygens (including phenoxy) is 1. The molecule has 0 aliphatic carbocycles. The summed E-state index contributed by atoms with van der Waals surface area (Å²) in [5.74, 6) is -0.164. The van der Waals surface area contributed by atoms with Gasteiger partial charge in [0, 0.05) is 24.0 Å². The molecule has 0 aliphatic heterocycles. The number of carbonyl (C=O) groups excluding carboxylic acids is 2. The van der Waals surface area contributed by atoms with Crippen molar-refractivity contribution in [1.29, 1.82) is 0 Å². The van der Waals surface area contributed by atoms with Gasteiger partial charge in [0.15, 0.2) is 0 Å². The van der Waals surface area contributed by atoms with Crippen molar-refractivity contribution in [2.75, 3.05) is 19.0 Å². The number of halogens is 1. The number of pyridine rings is 1. The van der Waals surface area contributed by atoms with Crippen molar-refractivity contribution in [2.45, 2.75) is 26.2 Å². The predicted molar refractivity (Wildman–Crippen MR) is 102 cm³/mol. The van der Waals surface area contributed by atoms with Gasteiger partial charge in [-0.1, -0.05) is 31.4 Å². The summed E-state index contributed by atoms with van der Waals surface area (Å²) in [5.41, 5.74) is 1.06. The van der Waals surface area contributed by atoms with Gasteiger partial charge in [0.25, 0.3) is 11.8 Å². The van der Waals surface area contributed by atoms with Gasteiger partial charge in [-0.05, 0) is 30.7 Å². The Morgan fingerprint density at radius 1 is 1.12 bits per heavy atom. The zero-order valence-corrected chi connectivity index (χ0v) is 15.6. The number of nitrogens with zero attached hydrogens (tertiary/aromatic N) is 1. The third-order valence-electron chi connectivity index (χ3n) is 3.74. The van der Waals surface area contributed by atoms with E-state index < -0.39 is 5.91 Å². The molecule has 0 radical (unpaired) electrons. The molecule has 138 valence electrons. The van der Waals surface area contributed by atoms with E-state index in [4.69, 9.17) is 16.3 Å². The van der Waals surface area contributed by atoms with E-state index in [1.54, 1.807) is 18.2 Å². The second-order valence-corrected chi connectivity index (χ2v) is 6.16. The van der Waals surface area contributed by atoms with Crippen LogP contribution in [0, 0.1) is 0 Å². The van der Waals surface area contributed by atoms with Gasteiger partial charge >= 0.3 is 0 Å². The molecule has 2 rings (SSSR count). The first kappa shape index (κ1) is 19.7. The Hall–Kier alpha value is -2.60. The van der Waals surface area contributed by atoms with E-state index in [1.165, 1.54) is 25.6 Å². The fourth-order valence-electron chi connectivity index (χ4n) is 2.34. The summed E-state index contributed by atoms with van der Waals surface area (Å²) in [6.45, 7) is 2.70. The lowest BCUT2D eigenvalue weighted by atomic mass is 10.1. The van der Waals surface area contributed by atoms with E-state index in [0.29, 0.717) is 28.6 Å².